The van der Waals surface area contributed by atoms with Gasteiger partial charge in [0.25, 0.3) is 0 Å². The molecule has 0 aliphatic carbocycles. The molecule has 0 aliphatic heterocycles. The van der Waals surface area contributed by atoms with E-state index in [1.807, 2.05) is 0 Å². The van der Waals surface area contributed by atoms with Crippen LogP contribution in [0.3, 0.4) is 0 Å². The van der Waals surface area contributed by atoms with Crippen LogP contribution in [0, 0.1) is 15.5 Å². The van der Waals surface area contributed by atoms with E-state index in [0.29, 0.717) is 0 Å². The molecule has 84 valence electrons. The average Bonchev–Trinajstić information content (AvgIpc) is 2.16. The van der Waals surface area contributed by atoms with E-state index >= 15 is 0 Å². The van der Waals surface area contributed by atoms with Gasteiger partial charge in [0.1, 0.15) is 5.84 Å². The van der Waals surface area contributed by atoms with Gasteiger partial charge in [0.15, 0.2) is 0 Å². The number of carbonyl (C=O) groups is 1. The van der Waals surface area contributed by atoms with Crippen molar-refractivity contribution in [3.8, 4) is 5.75 Å². The van der Waals surface area contributed by atoms with Gasteiger partial charge in [0.05, 0.1) is 4.92 Å². The van der Waals surface area contributed by atoms with Crippen molar-refractivity contribution < 1.29 is 14.5 Å². The molecule has 0 fully saturated rings. The lowest BCUT2D eigenvalue weighted by Crippen LogP contribution is -2.12. The zero-order valence-electron chi connectivity index (χ0n) is 8.39. The van der Waals surface area contributed by atoms with Gasteiger partial charge in [-0.3, -0.25) is 20.3 Å². The van der Waals surface area contributed by atoms with Crippen molar-refractivity contribution in [2.24, 2.45) is 5.73 Å². The van der Waals surface area contributed by atoms with Crippen LogP contribution < -0.4 is 10.5 Å². The molecule has 0 bridgehead atoms. The Labute approximate surface area is 90.5 Å². The highest BCUT2D eigenvalue weighted by molar-refractivity contribution is 5.96. The summed E-state index contributed by atoms with van der Waals surface area (Å²) in [5.41, 5.74) is 4.98. The second-order valence-electron chi connectivity index (χ2n) is 2.95. The molecule has 3 N–H and O–H groups in total. The highest BCUT2D eigenvalue weighted by Crippen LogP contribution is 2.27. The number of nitrogens with two attached hydrogens (primary N) is 1. The molecular formula is C9H9N3O4. The predicted octanol–water partition coefficient (Wildman–Crippen LogP) is 0.804. The van der Waals surface area contributed by atoms with Crippen molar-refractivity contribution in [2.75, 3.05) is 0 Å². The first-order valence-corrected chi connectivity index (χ1v) is 4.23. The number of carbonyl (C=O) groups excluding carboxylic acids is 1. The van der Waals surface area contributed by atoms with Crippen LogP contribution in [0.5, 0.6) is 5.75 Å². The van der Waals surface area contributed by atoms with E-state index in [2.05, 4.69) is 4.74 Å². The molecule has 0 atom stereocenters. The summed E-state index contributed by atoms with van der Waals surface area (Å²) in [5, 5.41) is 17.8. The lowest BCUT2D eigenvalue weighted by Gasteiger charge is -2.04. The summed E-state index contributed by atoms with van der Waals surface area (Å²) in [6.45, 7) is 1.14. The Morgan fingerprint density at radius 2 is 2.19 bits per heavy atom. The van der Waals surface area contributed by atoms with Crippen molar-refractivity contribution in [1.29, 1.82) is 5.41 Å². The minimum Gasteiger partial charge on any atom is -0.419 e. The van der Waals surface area contributed by atoms with Gasteiger partial charge in [-0.1, -0.05) is 0 Å². The van der Waals surface area contributed by atoms with Crippen molar-refractivity contribution in [1.82, 2.24) is 0 Å². The van der Waals surface area contributed by atoms with Crippen LogP contribution in [-0.4, -0.2) is 16.7 Å². The van der Waals surface area contributed by atoms with Crippen molar-refractivity contribution in [3.05, 3.63) is 33.9 Å². The number of benzene rings is 1. The topological polar surface area (TPSA) is 119 Å². The fourth-order valence-corrected chi connectivity index (χ4v) is 1.07. The number of ether oxygens (including phenoxy) is 1. The maximum Gasteiger partial charge on any atom is 0.312 e. The van der Waals surface area contributed by atoms with E-state index in [0.717, 1.165) is 13.0 Å². The Balaban J connectivity index is 3.24. The molecule has 1 aromatic rings. The van der Waals surface area contributed by atoms with Crippen LogP contribution in [-0.2, 0) is 4.79 Å². The average molecular weight is 223 g/mol. The van der Waals surface area contributed by atoms with Gasteiger partial charge < -0.3 is 10.5 Å². The van der Waals surface area contributed by atoms with Gasteiger partial charge in [0, 0.05) is 18.6 Å². The van der Waals surface area contributed by atoms with Gasteiger partial charge in [-0.05, 0) is 12.1 Å². The Morgan fingerprint density at radius 3 is 2.62 bits per heavy atom. The van der Waals surface area contributed by atoms with E-state index in [1.165, 1.54) is 12.1 Å². The zero-order chi connectivity index (χ0) is 12.3. The number of hydrogen-bond donors (Lipinski definition) is 2. The van der Waals surface area contributed by atoms with Gasteiger partial charge in [-0.2, -0.15) is 0 Å². The van der Waals surface area contributed by atoms with Crippen LogP contribution in [0.2, 0.25) is 0 Å². The molecule has 0 spiro atoms. The molecule has 1 rings (SSSR count). The number of rotatable bonds is 3. The molecule has 0 radical (unpaired) electrons. The quantitative estimate of drug-likeness (QED) is 0.196. The van der Waals surface area contributed by atoms with Gasteiger partial charge in [-0.15, -0.1) is 0 Å². The summed E-state index contributed by atoms with van der Waals surface area (Å²) in [6, 6.07) is 3.68. The number of nitrogens with zero attached hydrogens (tertiary/aromatic N) is 1. The van der Waals surface area contributed by atoms with Gasteiger partial charge >= 0.3 is 11.7 Å². The molecule has 7 heteroatoms. The number of nitrogen functional groups attached to an aromatic ring is 1. The van der Waals surface area contributed by atoms with E-state index in [1.54, 1.807) is 0 Å². The summed E-state index contributed by atoms with van der Waals surface area (Å²) >= 11 is 0. The molecule has 0 aliphatic rings. The van der Waals surface area contributed by atoms with Crippen LogP contribution in [0.1, 0.15) is 12.5 Å². The molecule has 0 saturated heterocycles. The van der Waals surface area contributed by atoms with E-state index in [9.17, 15) is 14.9 Å². The third-order valence-electron chi connectivity index (χ3n) is 1.72. The number of amidine groups is 1. The first kappa shape index (κ1) is 11.6. The number of nitro groups is 1. The number of nitrogens with one attached hydrogen (secondary N) is 1. The summed E-state index contributed by atoms with van der Waals surface area (Å²) in [4.78, 5) is 20.7. The highest BCUT2D eigenvalue weighted by Gasteiger charge is 2.18. The predicted molar refractivity (Wildman–Crippen MR) is 55.4 cm³/mol. The summed E-state index contributed by atoms with van der Waals surface area (Å²) in [5.74, 6) is -1.11. The Morgan fingerprint density at radius 1 is 1.56 bits per heavy atom. The fraction of sp³-hybridized carbons (Fsp3) is 0.111. The maximum atomic E-state index is 10.7. The molecule has 0 saturated carbocycles. The van der Waals surface area contributed by atoms with Crippen LogP contribution in [0.15, 0.2) is 18.2 Å². The summed E-state index contributed by atoms with van der Waals surface area (Å²) in [7, 11) is 0. The first-order valence-electron chi connectivity index (χ1n) is 4.23. The molecular weight excluding hydrogens is 214 g/mol. The third-order valence-corrected chi connectivity index (χ3v) is 1.72. The van der Waals surface area contributed by atoms with Crippen LogP contribution >= 0.6 is 0 Å². The zero-order valence-corrected chi connectivity index (χ0v) is 8.39. The molecule has 7 nitrogen and oxygen atoms in total. The molecule has 0 heterocycles. The molecule has 1 aromatic carbocycles. The molecule has 0 amide bonds. The first-order chi connectivity index (χ1) is 7.41. The summed E-state index contributed by atoms with van der Waals surface area (Å²) < 4.78 is 4.65. The van der Waals surface area contributed by atoms with E-state index in [4.69, 9.17) is 11.1 Å². The van der Waals surface area contributed by atoms with E-state index < -0.39 is 16.6 Å². The third kappa shape index (κ3) is 2.53. The number of hydrogen-bond acceptors (Lipinski definition) is 5. The molecule has 0 aromatic heterocycles. The highest BCUT2D eigenvalue weighted by atomic mass is 16.6. The Kier molecular flexibility index (Phi) is 3.19. The second kappa shape index (κ2) is 4.39. The van der Waals surface area contributed by atoms with E-state index in [-0.39, 0.29) is 17.1 Å². The largest absolute Gasteiger partial charge is 0.419 e. The second-order valence-corrected chi connectivity index (χ2v) is 2.95. The van der Waals surface area contributed by atoms with Crippen LogP contribution in [0.25, 0.3) is 0 Å². The number of esters is 1. The Bertz CT molecular complexity index is 470. The monoisotopic (exact) mass is 223 g/mol. The lowest BCUT2D eigenvalue weighted by atomic mass is 10.2. The normalized spacial score (nSPS) is 9.56. The minimum atomic E-state index is -0.704. The smallest absolute Gasteiger partial charge is 0.312 e. The Hall–Kier alpha value is -2.44. The standard InChI is InChI=1S/C9H9N3O4/c1-5(13)16-8-3-2-6(9(10)11)4-7(8)12(14)15/h2-4H,1H3,(H3,10,11). The van der Waals surface area contributed by atoms with Gasteiger partial charge in [0.2, 0.25) is 5.75 Å². The van der Waals surface area contributed by atoms with Crippen molar-refractivity contribution in [3.63, 3.8) is 0 Å². The lowest BCUT2D eigenvalue weighted by molar-refractivity contribution is -0.385. The summed E-state index contributed by atoms with van der Waals surface area (Å²) in [6.07, 6.45) is 0. The fourth-order valence-electron chi connectivity index (χ4n) is 1.07. The molecule has 16 heavy (non-hydrogen) atoms. The minimum absolute atomic E-state index is 0.164. The maximum absolute atomic E-state index is 10.7. The SMILES string of the molecule is CC(=O)Oc1ccc(C(=N)N)cc1[N+](=O)[O-]. The molecule has 0 unspecified atom stereocenters. The van der Waals surface area contributed by atoms with Crippen molar-refractivity contribution >= 4 is 17.5 Å². The van der Waals surface area contributed by atoms with Crippen molar-refractivity contribution in [2.45, 2.75) is 6.92 Å². The van der Waals surface area contributed by atoms with Gasteiger partial charge in [-0.25, -0.2) is 0 Å². The number of nitro benzene ring substituents is 1. The van der Waals surface area contributed by atoms with Crippen LogP contribution in [0.4, 0.5) is 5.69 Å².